The van der Waals surface area contributed by atoms with Gasteiger partial charge in [-0.1, -0.05) is 0 Å². The van der Waals surface area contributed by atoms with Crippen LogP contribution in [0.2, 0.25) is 0 Å². The van der Waals surface area contributed by atoms with Gasteiger partial charge in [-0.05, 0) is 12.5 Å². The molecule has 0 bridgehead atoms. The third-order valence-corrected chi connectivity index (χ3v) is 2.82. The highest BCUT2D eigenvalue weighted by Crippen LogP contribution is 2.07. The fraction of sp³-hybridized carbons (Fsp3) is 0.727. The molecule has 2 N–H and O–H groups in total. The van der Waals surface area contributed by atoms with Gasteiger partial charge >= 0.3 is 0 Å². The van der Waals surface area contributed by atoms with E-state index in [1.807, 2.05) is 24.0 Å². The summed E-state index contributed by atoms with van der Waals surface area (Å²) >= 11 is 0. The third-order valence-electron chi connectivity index (χ3n) is 2.82. The molecule has 16 heavy (non-hydrogen) atoms. The van der Waals surface area contributed by atoms with Crippen LogP contribution in [0.1, 0.15) is 5.56 Å². The second kappa shape index (κ2) is 5.43. The zero-order valence-electron chi connectivity index (χ0n) is 9.80. The number of morpholine rings is 1. The van der Waals surface area contributed by atoms with Crippen molar-refractivity contribution in [1.82, 2.24) is 14.7 Å². The summed E-state index contributed by atoms with van der Waals surface area (Å²) < 4.78 is 7.67. The first-order valence-corrected chi connectivity index (χ1v) is 5.81. The fourth-order valence-electron chi connectivity index (χ4n) is 2.05. The lowest BCUT2D eigenvalue weighted by Gasteiger charge is -2.32. The van der Waals surface area contributed by atoms with Crippen molar-refractivity contribution in [2.24, 2.45) is 5.73 Å². The molecular weight excluding hydrogens is 204 g/mol. The van der Waals surface area contributed by atoms with Crippen molar-refractivity contribution in [3.05, 3.63) is 18.0 Å². The van der Waals surface area contributed by atoms with E-state index in [1.54, 1.807) is 0 Å². The normalized spacial score (nSPS) is 22.5. The Balaban J connectivity index is 1.85. The van der Waals surface area contributed by atoms with Gasteiger partial charge in [-0.3, -0.25) is 9.58 Å². The van der Waals surface area contributed by atoms with Crippen LogP contribution in [-0.4, -0.2) is 53.6 Å². The minimum atomic E-state index is 0.236. The van der Waals surface area contributed by atoms with Gasteiger partial charge in [0.25, 0.3) is 0 Å². The van der Waals surface area contributed by atoms with Crippen molar-refractivity contribution < 1.29 is 4.74 Å². The zero-order valence-corrected chi connectivity index (χ0v) is 9.80. The number of aryl methyl sites for hydroxylation is 1. The number of aromatic nitrogens is 2. The summed E-state index contributed by atoms with van der Waals surface area (Å²) in [5.74, 6) is 0. The largest absolute Gasteiger partial charge is 0.374 e. The Labute approximate surface area is 96.2 Å². The minimum Gasteiger partial charge on any atom is -0.374 e. The molecule has 90 valence electrons. The number of nitrogens with two attached hydrogens (primary N) is 1. The van der Waals surface area contributed by atoms with Gasteiger partial charge < -0.3 is 10.5 Å². The van der Waals surface area contributed by atoms with Crippen LogP contribution >= 0.6 is 0 Å². The minimum absolute atomic E-state index is 0.236. The van der Waals surface area contributed by atoms with Crippen LogP contribution in [0, 0.1) is 6.92 Å². The molecule has 2 heterocycles. The summed E-state index contributed by atoms with van der Waals surface area (Å²) in [7, 11) is 0. The molecule has 0 amide bonds. The van der Waals surface area contributed by atoms with E-state index in [-0.39, 0.29) is 6.10 Å². The molecule has 1 aliphatic heterocycles. The zero-order chi connectivity index (χ0) is 11.4. The molecule has 1 atom stereocenters. The second-order valence-corrected chi connectivity index (χ2v) is 4.32. The Hall–Kier alpha value is -0.910. The average molecular weight is 224 g/mol. The summed E-state index contributed by atoms with van der Waals surface area (Å²) in [5, 5.41) is 4.27. The number of rotatable bonds is 4. The molecule has 0 aliphatic carbocycles. The van der Waals surface area contributed by atoms with Gasteiger partial charge in [0.1, 0.15) is 0 Å². The van der Waals surface area contributed by atoms with Crippen LogP contribution in [0.25, 0.3) is 0 Å². The third kappa shape index (κ3) is 3.04. The molecule has 5 nitrogen and oxygen atoms in total. The van der Waals surface area contributed by atoms with E-state index in [0.717, 1.165) is 32.8 Å². The molecule has 1 fully saturated rings. The lowest BCUT2D eigenvalue weighted by Crippen LogP contribution is -2.45. The summed E-state index contributed by atoms with van der Waals surface area (Å²) in [4.78, 5) is 2.35. The van der Waals surface area contributed by atoms with Crippen LogP contribution < -0.4 is 5.73 Å². The van der Waals surface area contributed by atoms with E-state index in [2.05, 4.69) is 10.00 Å². The number of ether oxygens (including phenoxy) is 1. The Morgan fingerprint density at radius 2 is 2.50 bits per heavy atom. The Morgan fingerprint density at radius 3 is 3.19 bits per heavy atom. The molecule has 2 rings (SSSR count). The fourth-order valence-corrected chi connectivity index (χ4v) is 2.05. The number of nitrogens with zero attached hydrogens (tertiary/aromatic N) is 3. The van der Waals surface area contributed by atoms with Gasteiger partial charge in [-0.15, -0.1) is 0 Å². The molecule has 1 aliphatic rings. The molecule has 0 radical (unpaired) electrons. The van der Waals surface area contributed by atoms with Crippen molar-refractivity contribution in [1.29, 1.82) is 0 Å². The summed E-state index contributed by atoms with van der Waals surface area (Å²) in [5.41, 5.74) is 6.75. The van der Waals surface area contributed by atoms with Gasteiger partial charge in [0, 0.05) is 32.4 Å². The standard InChI is InChI=1S/C11H20N4O/c1-10-6-13-15(7-10)9-11-8-14(3-2-12)4-5-16-11/h6-7,11H,2-5,8-9,12H2,1H3. The van der Waals surface area contributed by atoms with E-state index >= 15 is 0 Å². The smallest absolute Gasteiger partial charge is 0.0898 e. The molecular formula is C11H20N4O. The van der Waals surface area contributed by atoms with Crippen molar-refractivity contribution in [3.8, 4) is 0 Å². The van der Waals surface area contributed by atoms with E-state index in [4.69, 9.17) is 10.5 Å². The average Bonchev–Trinajstić information content (AvgIpc) is 2.65. The predicted octanol–water partition coefficient (Wildman–Crippen LogP) is -0.149. The first-order chi connectivity index (χ1) is 7.78. The summed E-state index contributed by atoms with van der Waals surface area (Å²) in [6.45, 7) is 7.29. The molecule has 5 heteroatoms. The van der Waals surface area contributed by atoms with Crippen LogP contribution in [0.4, 0.5) is 0 Å². The van der Waals surface area contributed by atoms with Gasteiger partial charge in [0.15, 0.2) is 0 Å². The maximum atomic E-state index is 5.72. The van der Waals surface area contributed by atoms with Crippen LogP contribution in [0.15, 0.2) is 12.4 Å². The lowest BCUT2D eigenvalue weighted by molar-refractivity contribution is -0.0364. The highest BCUT2D eigenvalue weighted by molar-refractivity contribution is 4.99. The first kappa shape index (κ1) is 11.6. The van der Waals surface area contributed by atoms with Crippen molar-refractivity contribution in [3.63, 3.8) is 0 Å². The quantitative estimate of drug-likeness (QED) is 0.773. The first-order valence-electron chi connectivity index (χ1n) is 5.81. The molecule has 1 unspecified atom stereocenters. The van der Waals surface area contributed by atoms with Gasteiger partial charge in [0.2, 0.25) is 0 Å². The van der Waals surface area contributed by atoms with Gasteiger partial charge in [-0.2, -0.15) is 5.10 Å². The van der Waals surface area contributed by atoms with Crippen LogP contribution in [-0.2, 0) is 11.3 Å². The van der Waals surface area contributed by atoms with E-state index in [0.29, 0.717) is 6.54 Å². The highest BCUT2D eigenvalue weighted by Gasteiger charge is 2.20. The molecule has 0 aromatic carbocycles. The van der Waals surface area contributed by atoms with E-state index in [1.165, 1.54) is 5.56 Å². The van der Waals surface area contributed by atoms with Crippen molar-refractivity contribution in [2.75, 3.05) is 32.8 Å². The second-order valence-electron chi connectivity index (χ2n) is 4.32. The monoisotopic (exact) mass is 224 g/mol. The topological polar surface area (TPSA) is 56.3 Å². The Kier molecular flexibility index (Phi) is 3.93. The maximum Gasteiger partial charge on any atom is 0.0898 e. The predicted molar refractivity (Wildman–Crippen MR) is 62.2 cm³/mol. The van der Waals surface area contributed by atoms with Crippen molar-refractivity contribution in [2.45, 2.75) is 19.6 Å². The summed E-state index contributed by atoms with van der Waals surface area (Å²) in [6.07, 6.45) is 4.16. The number of hydrogen-bond acceptors (Lipinski definition) is 4. The molecule has 0 saturated carbocycles. The highest BCUT2D eigenvalue weighted by atomic mass is 16.5. The molecule has 0 spiro atoms. The Bertz CT molecular complexity index is 324. The SMILES string of the molecule is Cc1cnn(CC2CN(CCN)CCO2)c1. The number of hydrogen-bond donors (Lipinski definition) is 1. The van der Waals surface area contributed by atoms with Gasteiger partial charge in [-0.25, -0.2) is 0 Å². The lowest BCUT2D eigenvalue weighted by atomic mass is 10.2. The molecule has 1 saturated heterocycles. The van der Waals surface area contributed by atoms with Crippen molar-refractivity contribution >= 4 is 0 Å². The van der Waals surface area contributed by atoms with Gasteiger partial charge in [0.05, 0.1) is 25.5 Å². The summed E-state index contributed by atoms with van der Waals surface area (Å²) in [6, 6.07) is 0. The maximum absolute atomic E-state index is 5.72. The van der Waals surface area contributed by atoms with Crippen LogP contribution in [0.5, 0.6) is 0 Å². The molecule has 1 aromatic rings. The van der Waals surface area contributed by atoms with Crippen LogP contribution in [0.3, 0.4) is 0 Å². The molecule has 1 aromatic heterocycles. The van der Waals surface area contributed by atoms with E-state index < -0.39 is 0 Å². The van der Waals surface area contributed by atoms with E-state index in [9.17, 15) is 0 Å². The Morgan fingerprint density at radius 1 is 1.62 bits per heavy atom.